The number of carbonyl (C=O) groups is 2. The summed E-state index contributed by atoms with van der Waals surface area (Å²) in [6.07, 6.45) is -4.89. The number of ether oxygens (including phenoxy) is 1. The van der Waals surface area contributed by atoms with Crippen molar-refractivity contribution in [2.45, 2.75) is 45.4 Å². The predicted octanol–water partition coefficient (Wildman–Crippen LogP) is 3.68. The van der Waals surface area contributed by atoms with Gasteiger partial charge in [0.25, 0.3) is 0 Å². The Morgan fingerprint density at radius 3 is 2.04 bits per heavy atom. The number of aliphatic carboxylic acids is 1. The van der Waals surface area contributed by atoms with Crippen molar-refractivity contribution in [1.29, 1.82) is 0 Å². The highest BCUT2D eigenvalue weighted by Crippen LogP contribution is 2.29. The van der Waals surface area contributed by atoms with Crippen LogP contribution in [0.15, 0.2) is 24.3 Å². The molecule has 0 heterocycles. The predicted molar refractivity (Wildman–Crippen MR) is 76.7 cm³/mol. The van der Waals surface area contributed by atoms with Crippen molar-refractivity contribution in [3.63, 3.8) is 0 Å². The van der Waals surface area contributed by atoms with Gasteiger partial charge < -0.3 is 9.84 Å². The summed E-state index contributed by atoms with van der Waals surface area (Å²) in [4.78, 5) is 23.0. The molecular formula is C16H19F3O4. The van der Waals surface area contributed by atoms with Crippen LogP contribution in [0.2, 0.25) is 0 Å². The number of carboxylic acid groups (broad SMARTS) is 1. The van der Waals surface area contributed by atoms with Crippen LogP contribution in [0.4, 0.5) is 13.2 Å². The van der Waals surface area contributed by atoms with Gasteiger partial charge in [0.2, 0.25) is 0 Å². The molecule has 1 atom stereocenters. The van der Waals surface area contributed by atoms with E-state index >= 15 is 0 Å². The molecule has 0 aliphatic heterocycles. The average molecular weight is 332 g/mol. The van der Waals surface area contributed by atoms with Gasteiger partial charge in [-0.2, -0.15) is 13.2 Å². The van der Waals surface area contributed by atoms with Crippen LogP contribution in [0, 0.1) is 5.92 Å². The van der Waals surface area contributed by atoms with Crippen molar-refractivity contribution < 1.29 is 32.6 Å². The van der Waals surface area contributed by atoms with E-state index in [-0.39, 0.29) is 6.42 Å². The van der Waals surface area contributed by atoms with E-state index in [4.69, 9.17) is 9.84 Å². The topological polar surface area (TPSA) is 63.6 Å². The number of halogens is 3. The molecule has 0 saturated carbocycles. The lowest BCUT2D eigenvalue weighted by molar-refractivity contribution is -0.162. The first-order valence-electron chi connectivity index (χ1n) is 6.99. The van der Waals surface area contributed by atoms with Crippen LogP contribution in [-0.2, 0) is 26.9 Å². The van der Waals surface area contributed by atoms with Gasteiger partial charge in [0.15, 0.2) is 0 Å². The van der Waals surface area contributed by atoms with Gasteiger partial charge in [0.1, 0.15) is 5.60 Å². The standard InChI is InChI=1S/C16H19F3O4/c1-15(2,3)23-14(22)11(9-13(20)21)8-10-4-6-12(7-5-10)16(17,18)19/h4-7,11H,8-9H2,1-3H3,(H,20,21). The van der Waals surface area contributed by atoms with Crippen molar-refractivity contribution >= 4 is 11.9 Å². The molecule has 7 heteroatoms. The number of esters is 1. The molecule has 0 aliphatic rings. The highest BCUT2D eigenvalue weighted by molar-refractivity contribution is 5.79. The summed E-state index contributed by atoms with van der Waals surface area (Å²) in [6.45, 7) is 4.96. The van der Waals surface area contributed by atoms with Crippen molar-refractivity contribution in [1.82, 2.24) is 0 Å². The van der Waals surface area contributed by atoms with Gasteiger partial charge in [-0.1, -0.05) is 12.1 Å². The third-order valence-electron chi connectivity index (χ3n) is 2.92. The monoisotopic (exact) mass is 332 g/mol. The summed E-state index contributed by atoms with van der Waals surface area (Å²) < 4.78 is 42.7. The molecular weight excluding hydrogens is 313 g/mol. The van der Waals surface area contributed by atoms with E-state index in [0.29, 0.717) is 5.56 Å². The van der Waals surface area contributed by atoms with Crippen LogP contribution in [0.5, 0.6) is 0 Å². The molecule has 1 unspecified atom stereocenters. The Morgan fingerprint density at radius 1 is 1.13 bits per heavy atom. The zero-order chi connectivity index (χ0) is 17.8. The molecule has 1 N–H and O–H groups in total. The SMILES string of the molecule is CC(C)(C)OC(=O)C(CC(=O)O)Cc1ccc(C(F)(F)F)cc1. The normalized spacial score (nSPS) is 13.5. The number of rotatable bonds is 5. The Labute approximate surface area is 132 Å². The summed E-state index contributed by atoms with van der Waals surface area (Å²) >= 11 is 0. The minimum Gasteiger partial charge on any atom is -0.481 e. The van der Waals surface area contributed by atoms with Crippen molar-refractivity contribution in [2.75, 3.05) is 0 Å². The lowest BCUT2D eigenvalue weighted by Crippen LogP contribution is -2.31. The van der Waals surface area contributed by atoms with E-state index in [2.05, 4.69) is 0 Å². The summed E-state index contributed by atoms with van der Waals surface area (Å²) in [5.74, 6) is -2.81. The van der Waals surface area contributed by atoms with Crippen LogP contribution < -0.4 is 0 Å². The van der Waals surface area contributed by atoms with E-state index < -0.39 is 41.6 Å². The first kappa shape index (κ1) is 19.0. The number of alkyl halides is 3. The summed E-state index contributed by atoms with van der Waals surface area (Å²) in [7, 11) is 0. The van der Waals surface area contributed by atoms with Gasteiger partial charge in [-0.15, -0.1) is 0 Å². The zero-order valence-corrected chi connectivity index (χ0v) is 13.1. The molecule has 1 aromatic carbocycles. The van der Waals surface area contributed by atoms with Gasteiger partial charge >= 0.3 is 18.1 Å². The maximum absolute atomic E-state index is 12.5. The third kappa shape index (κ3) is 6.71. The molecule has 23 heavy (non-hydrogen) atoms. The van der Waals surface area contributed by atoms with E-state index in [1.54, 1.807) is 20.8 Å². The van der Waals surface area contributed by atoms with Gasteiger partial charge in [-0.05, 0) is 44.9 Å². The fourth-order valence-electron chi connectivity index (χ4n) is 1.95. The number of carbonyl (C=O) groups excluding carboxylic acids is 1. The second-order valence-corrected chi connectivity index (χ2v) is 6.23. The smallest absolute Gasteiger partial charge is 0.416 e. The van der Waals surface area contributed by atoms with Crippen LogP contribution in [-0.4, -0.2) is 22.6 Å². The lowest BCUT2D eigenvalue weighted by atomic mass is 9.95. The number of hydrogen-bond acceptors (Lipinski definition) is 3. The van der Waals surface area contributed by atoms with Gasteiger partial charge in [-0.25, -0.2) is 0 Å². The highest BCUT2D eigenvalue weighted by Gasteiger charge is 2.31. The van der Waals surface area contributed by atoms with E-state index in [1.807, 2.05) is 0 Å². The van der Waals surface area contributed by atoms with Crippen molar-refractivity contribution in [3.05, 3.63) is 35.4 Å². The highest BCUT2D eigenvalue weighted by atomic mass is 19.4. The molecule has 1 rings (SSSR count). The van der Waals surface area contributed by atoms with Crippen LogP contribution in [0.1, 0.15) is 38.3 Å². The average Bonchev–Trinajstić information content (AvgIpc) is 2.35. The number of hydrogen-bond donors (Lipinski definition) is 1. The Bertz CT molecular complexity index is 556. The zero-order valence-electron chi connectivity index (χ0n) is 13.1. The van der Waals surface area contributed by atoms with Crippen molar-refractivity contribution in [2.24, 2.45) is 5.92 Å². The molecule has 0 amide bonds. The molecule has 4 nitrogen and oxygen atoms in total. The molecule has 0 fully saturated rings. The summed E-state index contributed by atoms with van der Waals surface area (Å²) in [5.41, 5.74) is -1.13. The van der Waals surface area contributed by atoms with Gasteiger partial charge in [-0.3, -0.25) is 9.59 Å². The third-order valence-corrected chi connectivity index (χ3v) is 2.92. The van der Waals surface area contributed by atoms with Crippen LogP contribution in [0.25, 0.3) is 0 Å². The quantitative estimate of drug-likeness (QED) is 0.836. The molecule has 0 radical (unpaired) electrons. The number of benzene rings is 1. The molecule has 1 aromatic rings. The largest absolute Gasteiger partial charge is 0.481 e. The van der Waals surface area contributed by atoms with E-state index in [9.17, 15) is 22.8 Å². The Hall–Kier alpha value is -2.05. The molecule has 0 saturated heterocycles. The van der Waals surface area contributed by atoms with Gasteiger partial charge in [0.05, 0.1) is 17.9 Å². The molecule has 0 spiro atoms. The fraction of sp³-hybridized carbons (Fsp3) is 0.500. The van der Waals surface area contributed by atoms with E-state index in [1.165, 1.54) is 12.1 Å². The first-order chi connectivity index (χ1) is 10.4. The fourth-order valence-corrected chi connectivity index (χ4v) is 1.95. The second kappa shape index (κ2) is 7.02. The minimum absolute atomic E-state index is 0.000644. The van der Waals surface area contributed by atoms with Gasteiger partial charge in [0, 0.05) is 0 Å². The Morgan fingerprint density at radius 2 is 1.65 bits per heavy atom. The summed E-state index contributed by atoms with van der Waals surface area (Å²) in [6, 6.07) is 4.29. The lowest BCUT2D eigenvalue weighted by Gasteiger charge is -2.23. The van der Waals surface area contributed by atoms with Crippen LogP contribution >= 0.6 is 0 Å². The maximum atomic E-state index is 12.5. The first-order valence-corrected chi connectivity index (χ1v) is 6.99. The summed E-state index contributed by atoms with van der Waals surface area (Å²) in [5, 5.41) is 8.90. The van der Waals surface area contributed by atoms with Crippen molar-refractivity contribution in [3.8, 4) is 0 Å². The number of carboxylic acids is 1. The van der Waals surface area contributed by atoms with Crippen LogP contribution in [0.3, 0.4) is 0 Å². The molecule has 0 aromatic heterocycles. The Kier molecular flexibility index (Phi) is 5.80. The molecule has 0 aliphatic carbocycles. The molecule has 0 bridgehead atoms. The van der Waals surface area contributed by atoms with E-state index in [0.717, 1.165) is 12.1 Å². The Balaban J connectivity index is 2.89. The second-order valence-electron chi connectivity index (χ2n) is 6.23. The minimum atomic E-state index is -4.44. The maximum Gasteiger partial charge on any atom is 0.416 e. The molecule has 128 valence electrons.